The molecule has 0 aromatic carbocycles. The summed E-state index contributed by atoms with van der Waals surface area (Å²) in [6.07, 6.45) is 9.26. The number of ether oxygens (including phenoxy) is 1. The molecule has 3 rings (SSSR count). The zero-order valence-corrected chi connectivity index (χ0v) is 12.4. The summed E-state index contributed by atoms with van der Waals surface area (Å²) in [5.41, 5.74) is 0.239. The Balaban J connectivity index is 1.56. The second-order valence-corrected chi connectivity index (χ2v) is 7.74. The Bertz CT molecular complexity index is 272. The van der Waals surface area contributed by atoms with Crippen LogP contribution >= 0.6 is 11.8 Å². The number of hydrogen-bond donors (Lipinski definition) is 1. The first kappa shape index (κ1) is 13.3. The van der Waals surface area contributed by atoms with Gasteiger partial charge in [0.25, 0.3) is 0 Å². The lowest BCUT2D eigenvalue weighted by molar-refractivity contribution is -0.0945. The van der Waals surface area contributed by atoms with E-state index in [1.165, 1.54) is 56.5 Å². The molecule has 3 heteroatoms. The van der Waals surface area contributed by atoms with Crippen LogP contribution in [0.4, 0.5) is 0 Å². The zero-order chi connectivity index (χ0) is 12.4. The van der Waals surface area contributed by atoms with Crippen LogP contribution in [0.25, 0.3) is 0 Å². The fourth-order valence-electron chi connectivity index (χ4n) is 3.96. The maximum atomic E-state index is 6.17. The van der Waals surface area contributed by atoms with E-state index in [0.717, 1.165) is 18.6 Å². The predicted molar refractivity (Wildman–Crippen MR) is 78.2 cm³/mol. The summed E-state index contributed by atoms with van der Waals surface area (Å²) in [6.45, 7) is 3.39. The zero-order valence-electron chi connectivity index (χ0n) is 11.6. The summed E-state index contributed by atoms with van der Waals surface area (Å²) in [5, 5.41) is 3.95. The minimum absolute atomic E-state index is 0.239. The van der Waals surface area contributed by atoms with Crippen molar-refractivity contribution in [3.05, 3.63) is 0 Å². The fraction of sp³-hybridized carbons (Fsp3) is 1.00. The van der Waals surface area contributed by atoms with Gasteiger partial charge in [0.2, 0.25) is 0 Å². The lowest BCUT2D eigenvalue weighted by atomic mass is 9.85. The molecule has 1 saturated carbocycles. The van der Waals surface area contributed by atoms with Crippen molar-refractivity contribution >= 4 is 11.8 Å². The van der Waals surface area contributed by atoms with Gasteiger partial charge in [0.1, 0.15) is 0 Å². The van der Waals surface area contributed by atoms with Crippen molar-refractivity contribution in [2.45, 2.75) is 69.6 Å². The second-order valence-electron chi connectivity index (χ2n) is 6.51. The van der Waals surface area contributed by atoms with Crippen molar-refractivity contribution in [2.24, 2.45) is 5.92 Å². The average Bonchev–Trinajstić information content (AvgIpc) is 2.76. The molecule has 0 aromatic heterocycles. The van der Waals surface area contributed by atoms with Gasteiger partial charge in [-0.1, -0.05) is 13.3 Å². The number of hydrogen-bond acceptors (Lipinski definition) is 3. The van der Waals surface area contributed by atoms with E-state index in [1.807, 2.05) is 0 Å². The van der Waals surface area contributed by atoms with Crippen molar-refractivity contribution < 1.29 is 4.74 Å². The second kappa shape index (κ2) is 5.72. The molecule has 0 bridgehead atoms. The molecule has 3 atom stereocenters. The molecular formula is C15H27NOS. The molecule has 3 unspecified atom stereocenters. The summed E-state index contributed by atoms with van der Waals surface area (Å²) in [5.74, 6) is 3.48. The van der Waals surface area contributed by atoms with E-state index in [-0.39, 0.29) is 5.60 Å². The maximum absolute atomic E-state index is 6.17. The third-order valence-corrected chi connectivity index (χ3v) is 6.19. The van der Waals surface area contributed by atoms with Gasteiger partial charge in [0.15, 0.2) is 0 Å². The highest BCUT2D eigenvalue weighted by molar-refractivity contribution is 7.99. The highest BCUT2D eigenvalue weighted by Gasteiger charge is 2.39. The van der Waals surface area contributed by atoms with Crippen molar-refractivity contribution in [2.75, 3.05) is 18.1 Å². The van der Waals surface area contributed by atoms with Gasteiger partial charge in [0, 0.05) is 18.7 Å². The molecule has 2 nitrogen and oxygen atoms in total. The molecule has 0 radical (unpaired) electrons. The van der Waals surface area contributed by atoms with Gasteiger partial charge < -0.3 is 10.1 Å². The maximum Gasteiger partial charge on any atom is 0.0713 e. The molecule has 3 aliphatic rings. The summed E-state index contributed by atoms with van der Waals surface area (Å²) >= 11 is 2.10. The quantitative estimate of drug-likeness (QED) is 0.832. The third kappa shape index (κ3) is 2.88. The van der Waals surface area contributed by atoms with Gasteiger partial charge in [-0.05, 0) is 55.9 Å². The minimum atomic E-state index is 0.239. The van der Waals surface area contributed by atoms with E-state index >= 15 is 0 Å². The van der Waals surface area contributed by atoms with Crippen LogP contribution in [0.15, 0.2) is 0 Å². The standard InChI is InChI=1S/C15H27NOS/c1-12-3-2-4-14(12)16-13-5-8-17-15(11-13)6-9-18-10-7-15/h12-14,16H,2-11H2,1H3. The van der Waals surface area contributed by atoms with Crippen LogP contribution in [0.1, 0.15) is 51.9 Å². The highest BCUT2D eigenvalue weighted by Crippen LogP contribution is 2.38. The smallest absolute Gasteiger partial charge is 0.0713 e. The van der Waals surface area contributed by atoms with Gasteiger partial charge in [-0.15, -0.1) is 0 Å². The van der Waals surface area contributed by atoms with E-state index in [9.17, 15) is 0 Å². The molecule has 1 N–H and O–H groups in total. The molecular weight excluding hydrogens is 242 g/mol. The Morgan fingerprint density at radius 1 is 1.17 bits per heavy atom. The minimum Gasteiger partial charge on any atom is -0.375 e. The molecule has 2 saturated heterocycles. The van der Waals surface area contributed by atoms with Crippen molar-refractivity contribution in [1.29, 1.82) is 0 Å². The fourth-order valence-corrected chi connectivity index (χ4v) is 5.19. The van der Waals surface area contributed by atoms with Gasteiger partial charge in [-0.3, -0.25) is 0 Å². The lowest BCUT2D eigenvalue weighted by Gasteiger charge is -2.44. The molecule has 1 aliphatic carbocycles. The van der Waals surface area contributed by atoms with Gasteiger partial charge in [-0.2, -0.15) is 11.8 Å². The Morgan fingerprint density at radius 3 is 2.72 bits per heavy atom. The summed E-state index contributed by atoms with van der Waals surface area (Å²) < 4.78 is 6.17. The third-order valence-electron chi connectivity index (χ3n) is 5.21. The van der Waals surface area contributed by atoms with Crippen LogP contribution < -0.4 is 5.32 Å². The Labute approximate surface area is 116 Å². The highest BCUT2D eigenvalue weighted by atomic mass is 32.2. The Kier molecular flexibility index (Phi) is 4.21. The molecule has 104 valence electrons. The van der Waals surface area contributed by atoms with Gasteiger partial charge >= 0.3 is 0 Å². The average molecular weight is 269 g/mol. The first-order chi connectivity index (χ1) is 8.77. The molecule has 0 aromatic rings. The Hall–Kier alpha value is 0.270. The molecule has 1 spiro atoms. The van der Waals surface area contributed by atoms with Crippen LogP contribution in [0.5, 0.6) is 0 Å². The SMILES string of the molecule is CC1CCCC1NC1CCOC2(CCSCC2)C1. The summed E-state index contributed by atoms with van der Waals surface area (Å²) in [6, 6.07) is 1.50. The van der Waals surface area contributed by atoms with Crippen LogP contribution in [-0.4, -0.2) is 35.8 Å². The Morgan fingerprint density at radius 2 is 2.00 bits per heavy atom. The van der Waals surface area contributed by atoms with Crippen LogP contribution in [0, 0.1) is 5.92 Å². The first-order valence-electron chi connectivity index (χ1n) is 7.75. The predicted octanol–water partition coefficient (Wildman–Crippen LogP) is 3.21. The van der Waals surface area contributed by atoms with E-state index in [0.29, 0.717) is 6.04 Å². The molecule has 18 heavy (non-hydrogen) atoms. The van der Waals surface area contributed by atoms with Gasteiger partial charge in [-0.25, -0.2) is 0 Å². The topological polar surface area (TPSA) is 21.3 Å². The number of thioether (sulfide) groups is 1. The molecule has 2 aliphatic heterocycles. The molecule has 0 amide bonds. The number of nitrogens with one attached hydrogen (secondary N) is 1. The van der Waals surface area contributed by atoms with Gasteiger partial charge in [0.05, 0.1) is 5.60 Å². The monoisotopic (exact) mass is 269 g/mol. The first-order valence-corrected chi connectivity index (χ1v) is 8.91. The van der Waals surface area contributed by atoms with E-state index in [4.69, 9.17) is 4.74 Å². The van der Waals surface area contributed by atoms with E-state index in [2.05, 4.69) is 24.0 Å². The largest absolute Gasteiger partial charge is 0.375 e. The van der Waals surface area contributed by atoms with E-state index in [1.54, 1.807) is 0 Å². The van der Waals surface area contributed by atoms with Crippen LogP contribution in [0.2, 0.25) is 0 Å². The summed E-state index contributed by atoms with van der Waals surface area (Å²) in [4.78, 5) is 0. The summed E-state index contributed by atoms with van der Waals surface area (Å²) in [7, 11) is 0. The van der Waals surface area contributed by atoms with Crippen molar-refractivity contribution in [1.82, 2.24) is 5.32 Å². The molecule has 2 heterocycles. The molecule has 3 fully saturated rings. The van der Waals surface area contributed by atoms with Crippen LogP contribution in [0.3, 0.4) is 0 Å². The van der Waals surface area contributed by atoms with Crippen molar-refractivity contribution in [3.63, 3.8) is 0 Å². The normalized spacial score (nSPS) is 40.2. The van der Waals surface area contributed by atoms with E-state index < -0.39 is 0 Å². The van der Waals surface area contributed by atoms with Crippen molar-refractivity contribution in [3.8, 4) is 0 Å². The lowest BCUT2D eigenvalue weighted by Crippen LogP contribution is -2.51. The van der Waals surface area contributed by atoms with Crippen LogP contribution in [-0.2, 0) is 4.74 Å². The number of rotatable bonds is 2.